The van der Waals surface area contributed by atoms with Crippen LogP contribution in [0.3, 0.4) is 0 Å². The Bertz CT molecular complexity index is 629. The number of aryl methyl sites for hydroxylation is 2. The van der Waals surface area contributed by atoms with Crippen LogP contribution in [0.1, 0.15) is 25.1 Å². The molecule has 0 aliphatic carbocycles. The van der Waals surface area contributed by atoms with Gasteiger partial charge in [-0.15, -0.1) is 0 Å². The summed E-state index contributed by atoms with van der Waals surface area (Å²) in [7, 11) is 0. The molecule has 5 nitrogen and oxygen atoms in total. The minimum Gasteiger partial charge on any atom is -0.376 e. The monoisotopic (exact) mass is 287 g/mol. The SMILES string of the molecule is Cc1nc2ccccc2n1CCC(=O)NCC1CCCO1. The van der Waals surface area contributed by atoms with Crippen molar-refractivity contribution in [2.45, 2.75) is 38.8 Å². The molecule has 1 aliphatic heterocycles. The summed E-state index contributed by atoms with van der Waals surface area (Å²) in [4.78, 5) is 16.5. The van der Waals surface area contributed by atoms with E-state index < -0.39 is 0 Å². The number of benzene rings is 1. The van der Waals surface area contributed by atoms with Crippen LogP contribution in [0, 0.1) is 6.92 Å². The third kappa shape index (κ3) is 3.24. The molecule has 1 aromatic carbocycles. The molecule has 1 N–H and O–H groups in total. The number of imidazole rings is 1. The summed E-state index contributed by atoms with van der Waals surface area (Å²) in [5, 5.41) is 2.96. The average molecular weight is 287 g/mol. The van der Waals surface area contributed by atoms with Crippen LogP contribution in [-0.2, 0) is 16.1 Å². The molecule has 5 heteroatoms. The van der Waals surface area contributed by atoms with Gasteiger partial charge in [0.2, 0.25) is 5.91 Å². The molecule has 2 aromatic rings. The zero-order valence-corrected chi connectivity index (χ0v) is 12.3. The van der Waals surface area contributed by atoms with Gasteiger partial charge in [0.25, 0.3) is 0 Å². The molecule has 0 radical (unpaired) electrons. The van der Waals surface area contributed by atoms with Gasteiger partial charge in [0.1, 0.15) is 5.82 Å². The van der Waals surface area contributed by atoms with Crippen LogP contribution in [0.4, 0.5) is 0 Å². The zero-order chi connectivity index (χ0) is 14.7. The Labute approximate surface area is 124 Å². The topological polar surface area (TPSA) is 56.2 Å². The van der Waals surface area contributed by atoms with E-state index in [9.17, 15) is 4.79 Å². The van der Waals surface area contributed by atoms with Crippen LogP contribution in [0.25, 0.3) is 11.0 Å². The van der Waals surface area contributed by atoms with Gasteiger partial charge in [-0.2, -0.15) is 0 Å². The molecule has 0 bridgehead atoms. The van der Waals surface area contributed by atoms with Gasteiger partial charge in [-0.1, -0.05) is 12.1 Å². The molecule has 1 amide bonds. The number of nitrogens with one attached hydrogen (secondary N) is 1. The number of fused-ring (bicyclic) bond motifs is 1. The van der Waals surface area contributed by atoms with E-state index in [2.05, 4.69) is 14.9 Å². The van der Waals surface area contributed by atoms with Crippen LogP contribution < -0.4 is 5.32 Å². The molecule has 1 aromatic heterocycles. The molecular formula is C16H21N3O2. The maximum Gasteiger partial charge on any atom is 0.221 e. The summed E-state index contributed by atoms with van der Waals surface area (Å²) in [6.07, 6.45) is 2.81. The molecular weight excluding hydrogens is 266 g/mol. The van der Waals surface area contributed by atoms with Gasteiger partial charge in [0.05, 0.1) is 17.1 Å². The van der Waals surface area contributed by atoms with Crippen molar-refractivity contribution in [3.8, 4) is 0 Å². The molecule has 1 aliphatic rings. The molecule has 1 atom stereocenters. The van der Waals surface area contributed by atoms with Gasteiger partial charge in [-0.25, -0.2) is 4.98 Å². The lowest BCUT2D eigenvalue weighted by atomic mass is 10.2. The minimum atomic E-state index is 0.0719. The number of amides is 1. The van der Waals surface area contributed by atoms with Gasteiger partial charge >= 0.3 is 0 Å². The highest BCUT2D eigenvalue weighted by Crippen LogP contribution is 2.16. The maximum absolute atomic E-state index is 11.9. The van der Waals surface area contributed by atoms with Crippen molar-refractivity contribution in [3.05, 3.63) is 30.1 Å². The molecule has 0 spiro atoms. The van der Waals surface area contributed by atoms with Crippen molar-refractivity contribution in [2.24, 2.45) is 0 Å². The van der Waals surface area contributed by atoms with Crippen LogP contribution in [-0.4, -0.2) is 34.7 Å². The summed E-state index contributed by atoms with van der Waals surface area (Å²) in [6.45, 7) is 4.08. The highest BCUT2D eigenvalue weighted by molar-refractivity contribution is 5.78. The fourth-order valence-electron chi connectivity index (χ4n) is 2.81. The van der Waals surface area contributed by atoms with Gasteiger partial charge in [-0.3, -0.25) is 4.79 Å². The van der Waals surface area contributed by atoms with E-state index in [0.29, 0.717) is 19.5 Å². The van der Waals surface area contributed by atoms with Crippen molar-refractivity contribution < 1.29 is 9.53 Å². The number of hydrogen-bond donors (Lipinski definition) is 1. The number of para-hydroxylation sites is 2. The first-order chi connectivity index (χ1) is 10.2. The number of hydrogen-bond acceptors (Lipinski definition) is 3. The summed E-state index contributed by atoms with van der Waals surface area (Å²) >= 11 is 0. The molecule has 3 rings (SSSR count). The largest absolute Gasteiger partial charge is 0.376 e. The second-order valence-corrected chi connectivity index (χ2v) is 5.49. The maximum atomic E-state index is 11.9. The highest BCUT2D eigenvalue weighted by Gasteiger charge is 2.16. The second-order valence-electron chi connectivity index (χ2n) is 5.49. The number of carbonyl (C=O) groups is 1. The van der Waals surface area contributed by atoms with Gasteiger partial charge < -0.3 is 14.6 Å². The predicted molar refractivity (Wildman–Crippen MR) is 81.1 cm³/mol. The fraction of sp³-hybridized carbons (Fsp3) is 0.500. The summed E-state index contributed by atoms with van der Waals surface area (Å²) in [6, 6.07) is 8.01. The number of nitrogens with zero attached hydrogens (tertiary/aromatic N) is 2. The number of rotatable bonds is 5. The molecule has 0 saturated carbocycles. The number of aromatic nitrogens is 2. The van der Waals surface area contributed by atoms with Gasteiger partial charge in [0, 0.05) is 26.1 Å². The van der Waals surface area contributed by atoms with E-state index in [1.54, 1.807) is 0 Å². The molecule has 21 heavy (non-hydrogen) atoms. The number of carbonyl (C=O) groups excluding carboxylic acids is 1. The van der Waals surface area contributed by atoms with Gasteiger partial charge in [0.15, 0.2) is 0 Å². The fourth-order valence-corrected chi connectivity index (χ4v) is 2.81. The van der Waals surface area contributed by atoms with Gasteiger partial charge in [-0.05, 0) is 31.9 Å². The van der Waals surface area contributed by atoms with E-state index in [1.165, 1.54) is 0 Å². The normalized spacial score (nSPS) is 18.2. The smallest absolute Gasteiger partial charge is 0.221 e. The molecule has 1 unspecified atom stereocenters. The van der Waals surface area contributed by atoms with Crippen LogP contribution >= 0.6 is 0 Å². The Morgan fingerprint density at radius 2 is 2.33 bits per heavy atom. The van der Waals surface area contributed by atoms with Crippen molar-refractivity contribution in [3.63, 3.8) is 0 Å². The second kappa shape index (κ2) is 6.26. The van der Waals surface area contributed by atoms with Crippen LogP contribution in [0.15, 0.2) is 24.3 Å². The third-order valence-corrected chi connectivity index (χ3v) is 3.96. The molecule has 2 heterocycles. The molecule has 1 fully saturated rings. The Morgan fingerprint density at radius 3 is 3.14 bits per heavy atom. The zero-order valence-electron chi connectivity index (χ0n) is 12.3. The Morgan fingerprint density at radius 1 is 1.48 bits per heavy atom. The Kier molecular flexibility index (Phi) is 4.20. The number of ether oxygens (including phenoxy) is 1. The summed E-state index contributed by atoms with van der Waals surface area (Å²) < 4.78 is 7.60. The first-order valence-corrected chi connectivity index (χ1v) is 7.54. The predicted octanol–water partition coefficient (Wildman–Crippen LogP) is 2.03. The Balaban J connectivity index is 1.56. The summed E-state index contributed by atoms with van der Waals surface area (Å²) in [5.74, 6) is 1.02. The lowest BCUT2D eigenvalue weighted by Crippen LogP contribution is -2.32. The Hall–Kier alpha value is -1.88. The summed E-state index contributed by atoms with van der Waals surface area (Å²) in [5.41, 5.74) is 2.07. The minimum absolute atomic E-state index is 0.0719. The van der Waals surface area contributed by atoms with E-state index in [0.717, 1.165) is 36.3 Å². The lowest BCUT2D eigenvalue weighted by molar-refractivity contribution is -0.121. The van der Waals surface area contributed by atoms with Crippen molar-refractivity contribution in [1.82, 2.24) is 14.9 Å². The van der Waals surface area contributed by atoms with Crippen molar-refractivity contribution >= 4 is 16.9 Å². The lowest BCUT2D eigenvalue weighted by Gasteiger charge is -2.11. The third-order valence-electron chi connectivity index (χ3n) is 3.96. The van der Waals surface area contributed by atoms with E-state index >= 15 is 0 Å². The van der Waals surface area contributed by atoms with E-state index in [-0.39, 0.29) is 12.0 Å². The quantitative estimate of drug-likeness (QED) is 0.915. The average Bonchev–Trinajstić information content (AvgIpc) is 3.10. The first kappa shape index (κ1) is 14.1. The van der Waals surface area contributed by atoms with Crippen LogP contribution in [0.5, 0.6) is 0 Å². The van der Waals surface area contributed by atoms with E-state index in [1.807, 2.05) is 31.2 Å². The van der Waals surface area contributed by atoms with Crippen molar-refractivity contribution in [2.75, 3.05) is 13.2 Å². The van der Waals surface area contributed by atoms with Crippen molar-refractivity contribution in [1.29, 1.82) is 0 Å². The standard InChI is InChI=1S/C16H21N3O2/c1-12-18-14-6-2-3-7-15(14)19(12)9-8-16(20)17-11-13-5-4-10-21-13/h2-3,6-7,13H,4-5,8-11H2,1H3,(H,17,20). The highest BCUT2D eigenvalue weighted by atomic mass is 16.5. The molecule has 1 saturated heterocycles. The molecule has 112 valence electrons. The van der Waals surface area contributed by atoms with E-state index in [4.69, 9.17) is 4.74 Å². The first-order valence-electron chi connectivity index (χ1n) is 7.54. The van der Waals surface area contributed by atoms with Crippen LogP contribution in [0.2, 0.25) is 0 Å².